The molecule has 0 atom stereocenters. The fraction of sp³-hybridized carbons (Fsp3) is 0.259. The van der Waals surface area contributed by atoms with Crippen molar-refractivity contribution in [2.75, 3.05) is 23.1 Å². The number of anilines is 3. The van der Waals surface area contributed by atoms with Gasteiger partial charge in [-0.3, -0.25) is 20.2 Å². The molecule has 2 heterocycles. The molecule has 3 amide bonds. The van der Waals surface area contributed by atoms with Gasteiger partial charge in [-0.15, -0.1) is 0 Å². The Morgan fingerprint density at radius 3 is 2.45 bits per heavy atom. The number of pyridine rings is 1. The molecule has 38 heavy (non-hydrogen) atoms. The van der Waals surface area contributed by atoms with Crippen LogP contribution < -0.4 is 25.4 Å². The van der Waals surface area contributed by atoms with Crippen molar-refractivity contribution in [2.24, 2.45) is 0 Å². The summed E-state index contributed by atoms with van der Waals surface area (Å²) in [6.45, 7) is 7.90. The quantitative estimate of drug-likeness (QED) is 0.208. The number of nitrogens with zero attached hydrogens (tertiary/aromatic N) is 2. The number of carbonyl (C=O) groups is 2. The summed E-state index contributed by atoms with van der Waals surface area (Å²) in [5.74, 6) is 1.71. The molecule has 198 valence electrons. The highest BCUT2D eigenvalue weighted by Crippen LogP contribution is 2.37. The molecule has 0 aliphatic heterocycles. The molecule has 2 aromatic carbocycles. The Labute approximate surface area is 225 Å². The van der Waals surface area contributed by atoms with E-state index in [2.05, 4.69) is 31.1 Å². The highest BCUT2D eigenvalue weighted by Gasteiger charge is 2.18. The number of methoxy groups -OCH3 is 1. The molecule has 10 nitrogen and oxygen atoms in total. The predicted molar refractivity (Wildman–Crippen MR) is 149 cm³/mol. The summed E-state index contributed by atoms with van der Waals surface area (Å²) < 4.78 is 11.5. The number of aromatic nitrogens is 3. The highest BCUT2D eigenvalue weighted by molar-refractivity contribution is 6.34. The van der Waals surface area contributed by atoms with Crippen molar-refractivity contribution in [3.8, 4) is 17.2 Å². The number of amides is 3. The number of hydrogen-bond acceptors (Lipinski definition) is 6. The lowest BCUT2D eigenvalue weighted by atomic mass is 9.92. The van der Waals surface area contributed by atoms with E-state index >= 15 is 0 Å². The molecular weight excluding hydrogens is 508 g/mol. The molecule has 4 rings (SSSR count). The lowest BCUT2D eigenvalue weighted by Gasteiger charge is -2.14. The zero-order valence-electron chi connectivity index (χ0n) is 21.7. The largest absolute Gasteiger partial charge is 0.494 e. The van der Waals surface area contributed by atoms with Crippen molar-refractivity contribution in [3.63, 3.8) is 0 Å². The van der Waals surface area contributed by atoms with Gasteiger partial charge in [0.2, 0.25) is 5.91 Å². The first-order valence-electron chi connectivity index (χ1n) is 11.9. The van der Waals surface area contributed by atoms with Crippen molar-refractivity contribution in [1.82, 2.24) is 15.2 Å². The molecular formula is C27H29ClN6O4. The first-order valence-corrected chi connectivity index (χ1v) is 12.3. The van der Waals surface area contributed by atoms with E-state index < -0.39 is 6.03 Å². The second-order valence-corrected chi connectivity index (χ2v) is 9.93. The number of H-pyrrole nitrogens is 1. The fourth-order valence-corrected chi connectivity index (χ4v) is 3.79. The lowest BCUT2D eigenvalue weighted by molar-refractivity contribution is -0.115. The topological polar surface area (TPSA) is 130 Å². The van der Waals surface area contributed by atoms with Crippen LogP contribution in [0.5, 0.6) is 17.2 Å². The molecule has 0 radical (unpaired) electrons. The Morgan fingerprint density at radius 1 is 1.00 bits per heavy atom. The van der Waals surface area contributed by atoms with Crippen LogP contribution in [0.25, 0.3) is 10.9 Å². The maximum absolute atomic E-state index is 12.5. The zero-order valence-corrected chi connectivity index (χ0v) is 22.5. The Bertz CT molecular complexity index is 1490. The lowest BCUT2D eigenvalue weighted by Crippen LogP contribution is -2.19. The number of hydrogen-bond donors (Lipinski definition) is 4. The summed E-state index contributed by atoms with van der Waals surface area (Å²) in [6, 6.07) is 11.4. The molecule has 0 fully saturated rings. The van der Waals surface area contributed by atoms with Gasteiger partial charge in [0.15, 0.2) is 5.82 Å². The molecule has 0 spiro atoms. The normalized spacial score (nSPS) is 11.2. The number of nitrogens with one attached hydrogen (secondary N) is 4. The van der Waals surface area contributed by atoms with Gasteiger partial charge in [-0.2, -0.15) is 5.10 Å². The number of ether oxygens (including phenoxy) is 2. The number of rotatable bonds is 7. The van der Waals surface area contributed by atoms with Crippen LogP contribution in [-0.2, 0) is 10.2 Å². The van der Waals surface area contributed by atoms with Crippen molar-refractivity contribution in [1.29, 1.82) is 0 Å². The van der Waals surface area contributed by atoms with Gasteiger partial charge in [0, 0.05) is 47.3 Å². The third kappa shape index (κ3) is 6.15. The van der Waals surface area contributed by atoms with Gasteiger partial charge in [0.25, 0.3) is 0 Å². The molecule has 4 N–H and O–H groups in total. The minimum absolute atomic E-state index is 0.125. The average molecular weight is 537 g/mol. The van der Waals surface area contributed by atoms with Gasteiger partial charge in [0.05, 0.1) is 29.0 Å². The number of aromatic amines is 1. The van der Waals surface area contributed by atoms with Gasteiger partial charge in [-0.05, 0) is 24.3 Å². The van der Waals surface area contributed by atoms with Crippen LogP contribution in [0.1, 0.15) is 39.8 Å². The number of carbonyl (C=O) groups excluding carboxylic acids is 2. The third-order valence-electron chi connectivity index (χ3n) is 5.66. The Balaban J connectivity index is 1.51. The SMILES string of the molecule is CCC(=O)Nc1cc2c(Oc3ccc(NC(=O)Nc4cc(C(C)(C)C)[nH]n4)c(Cl)c3)ccnc2cc1OC. The van der Waals surface area contributed by atoms with Crippen molar-refractivity contribution < 1.29 is 19.1 Å². The van der Waals surface area contributed by atoms with Gasteiger partial charge in [-0.1, -0.05) is 39.3 Å². The predicted octanol–water partition coefficient (Wildman–Crippen LogP) is 6.70. The third-order valence-corrected chi connectivity index (χ3v) is 5.97. The second kappa shape index (κ2) is 11.0. The average Bonchev–Trinajstić information content (AvgIpc) is 3.34. The van der Waals surface area contributed by atoms with E-state index in [0.717, 1.165) is 5.69 Å². The summed E-state index contributed by atoms with van der Waals surface area (Å²) in [4.78, 5) is 28.9. The molecule has 2 aromatic heterocycles. The van der Waals surface area contributed by atoms with Crippen molar-refractivity contribution >= 4 is 51.6 Å². The first kappa shape index (κ1) is 26.7. The molecule has 0 bridgehead atoms. The molecule has 0 aliphatic rings. The van der Waals surface area contributed by atoms with E-state index in [1.165, 1.54) is 7.11 Å². The van der Waals surface area contributed by atoms with Crippen molar-refractivity contribution in [2.45, 2.75) is 39.5 Å². The zero-order chi connectivity index (χ0) is 27.4. The first-order chi connectivity index (χ1) is 18.1. The molecule has 0 saturated carbocycles. The van der Waals surface area contributed by atoms with Gasteiger partial charge in [0.1, 0.15) is 17.2 Å². The molecule has 11 heteroatoms. The maximum atomic E-state index is 12.5. The molecule has 0 unspecified atom stereocenters. The number of fused-ring (bicyclic) bond motifs is 1. The van der Waals surface area contributed by atoms with E-state index in [4.69, 9.17) is 21.1 Å². The number of halogens is 1. The maximum Gasteiger partial charge on any atom is 0.324 e. The number of benzene rings is 2. The summed E-state index contributed by atoms with van der Waals surface area (Å²) in [5.41, 5.74) is 2.31. The summed E-state index contributed by atoms with van der Waals surface area (Å²) in [5, 5.41) is 16.2. The summed E-state index contributed by atoms with van der Waals surface area (Å²) >= 11 is 6.44. The smallest absolute Gasteiger partial charge is 0.324 e. The van der Waals surface area contributed by atoms with E-state index in [9.17, 15) is 9.59 Å². The van der Waals surface area contributed by atoms with Crippen LogP contribution >= 0.6 is 11.6 Å². The Morgan fingerprint density at radius 2 is 1.79 bits per heavy atom. The van der Waals surface area contributed by atoms with Crippen LogP contribution in [0.4, 0.5) is 22.0 Å². The highest BCUT2D eigenvalue weighted by atomic mass is 35.5. The van der Waals surface area contributed by atoms with E-state index in [0.29, 0.717) is 51.8 Å². The van der Waals surface area contributed by atoms with Gasteiger partial charge in [-0.25, -0.2) is 4.79 Å². The van der Waals surface area contributed by atoms with Crippen LogP contribution in [0.2, 0.25) is 5.02 Å². The van der Waals surface area contributed by atoms with Crippen LogP contribution in [-0.4, -0.2) is 34.2 Å². The van der Waals surface area contributed by atoms with E-state index in [1.807, 2.05) is 20.8 Å². The van der Waals surface area contributed by atoms with E-state index in [-0.39, 0.29) is 16.3 Å². The summed E-state index contributed by atoms with van der Waals surface area (Å²) in [6.07, 6.45) is 1.94. The minimum atomic E-state index is -0.483. The van der Waals surface area contributed by atoms with E-state index in [1.54, 1.807) is 55.6 Å². The van der Waals surface area contributed by atoms with Crippen LogP contribution in [0.3, 0.4) is 0 Å². The fourth-order valence-electron chi connectivity index (χ4n) is 3.57. The molecule has 0 saturated heterocycles. The Hall–Kier alpha value is -4.31. The minimum Gasteiger partial charge on any atom is -0.494 e. The second-order valence-electron chi connectivity index (χ2n) is 9.52. The molecule has 4 aromatic rings. The van der Waals surface area contributed by atoms with Crippen molar-refractivity contribution in [3.05, 3.63) is 59.4 Å². The van der Waals surface area contributed by atoms with Gasteiger partial charge >= 0.3 is 6.03 Å². The standard InChI is InChI=1S/C27H29ClN6O4/c1-6-25(35)30-20-12-16-19(13-22(20)37-5)29-10-9-21(16)38-15-7-8-18(17(28)11-15)31-26(36)32-24-14-23(33-34-24)27(2,3)4/h7-14H,6H2,1-5H3,(H,30,35)(H3,31,32,33,34,36). The summed E-state index contributed by atoms with van der Waals surface area (Å²) in [7, 11) is 1.53. The molecule has 0 aliphatic carbocycles. The van der Waals surface area contributed by atoms with Crippen LogP contribution in [0, 0.1) is 0 Å². The number of urea groups is 1. The van der Waals surface area contributed by atoms with Gasteiger partial charge < -0.3 is 20.1 Å². The monoisotopic (exact) mass is 536 g/mol. The van der Waals surface area contributed by atoms with Crippen LogP contribution in [0.15, 0.2) is 48.7 Å². The Kier molecular flexibility index (Phi) is 7.72.